The first-order valence-electron chi connectivity index (χ1n) is 13.7. The van der Waals surface area contributed by atoms with Gasteiger partial charge < -0.3 is 20.2 Å². The molecule has 0 aromatic heterocycles. The highest BCUT2D eigenvalue weighted by molar-refractivity contribution is 6.35. The van der Waals surface area contributed by atoms with Gasteiger partial charge >= 0.3 is 0 Å². The molecule has 6 nitrogen and oxygen atoms in total. The molecule has 4 rings (SSSR count). The Morgan fingerprint density at radius 1 is 1.05 bits per heavy atom. The number of rotatable bonds is 9. The van der Waals surface area contributed by atoms with Crippen molar-refractivity contribution in [2.45, 2.75) is 46.1 Å². The topological polar surface area (TPSA) is 72.9 Å². The first-order chi connectivity index (χ1) is 19.3. The summed E-state index contributed by atoms with van der Waals surface area (Å²) in [4.78, 5) is 29.9. The van der Waals surface area contributed by atoms with Gasteiger partial charge in [-0.15, -0.1) is 0 Å². The molecule has 0 aliphatic carbocycles. The molecule has 0 bridgehead atoms. The van der Waals surface area contributed by atoms with Gasteiger partial charge in [-0.2, -0.15) is 0 Å². The number of aliphatic hydroxyl groups is 1. The van der Waals surface area contributed by atoms with Gasteiger partial charge in [-0.3, -0.25) is 9.59 Å². The standard InChI is InChI=1S/C32H36Cl2FN3O3/c1-6-32(7-2)18-38(19-32)27-16-20(22-15-21(11-13-23(22)33)29(39)36-17-31(3,4)41)12-14-26(27)37(5)30(40)28-24(34)9-8-10-25(28)35/h8-16,41H,6-7,17-19H2,1-5H3,(H,36,39). The minimum absolute atomic E-state index is 0.0476. The summed E-state index contributed by atoms with van der Waals surface area (Å²) in [5.74, 6) is -1.56. The predicted octanol–water partition coefficient (Wildman–Crippen LogP) is 7.20. The van der Waals surface area contributed by atoms with Crippen LogP contribution in [0.3, 0.4) is 0 Å². The Balaban J connectivity index is 1.75. The van der Waals surface area contributed by atoms with E-state index in [9.17, 15) is 19.1 Å². The molecule has 1 fully saturated rings. The van der Waals surface area contributed by atoms with Gasteiger partial charge in [0.25, 0.3) is 11.8 Å². The Bertz CT molecular complexity index is 1440. The van der Waals surface area contributed by atoms with Crippen molar-refractivity contribution in [2.75, 3.05) is 36.5 Å². The second-order valence-corrected chi connectivity index (χ2v) is 12.2. The van der Waals surface area contributed by atoms with Crippen LogP contribution in [-0.2, 0) is 0 Å². The summed E-state index contributed by atoms with van der Waals surface area (Å²) in [6.07, 6.45) is 2.06. The number of nitrogens with one attached hydrogen (secondary N) is 1. The molecule has 1 saturated heterocycles. The summed E-state index contributed by atoms with van der Waals surface area (Å²) in [6.45, 7) is 9.32. The van der Waals surface area contributed by atoms with Crippen molar-refractivity contribution in [3.63, 3.8) is 0 Å². The zero-order valence-corrected chi connectivity index (χ0v) is 25.5. The van der Waals surface area contributed by atoms with E-state index in [4.69, 9.17) is 23.2 Å². The Morgan fingerprint density at radius 3 is 2.34 bits per heavy atom. The molecule has 41 heavy (non-hydrogen) atoms. The number of halogens is 3. The average Bonchev–Trinajstić information content (AvgIpc) is 2.91. The molecule has 1 aliphatic rings. The number of amides is 2. The van der Waals surface area contributed by atoms with Crippen molar-refractivity contribution in [2.24, 2.45) is 5.41 Å². The molecule has 2 amide bonds. The number of hydrogen-bond acceptors (Lipinski definition) is 4. The summed E-state index contributed by atoms with van der Waals surface area (Å²) in [5.41, 5.74) is 2.18. The molecule has 0 spiro atoms. The van der Waals surface area contributed by atoms with Crippen LogP contribution < -0.4 is 15.1 Å². The van der Waals surface area contributed by atoms with Gasteiger partial charge in [-0.25, -0.2) is 4.39 Å². The normalized spacial score (nSPS) is 14.4. The van der Waals surface area contributed by atoms with Crippen LogP contribution in [-0.4, -0.2) is 49.2 Å². The van der Waals surface area contributed by atoms with Crippen LogP contribution in [0.5, 0.6) is 0 Å². The molecule has 3 aromatic carbocycles. The molecular weight excluding hydrogens is 564 g/mol. The average molecular weight is 601 g/mol. The van der Waals surface area contributed by atoms with E-state index in [2.05, 4.69) is 24.1 Å². The van der Waals surface area contributed by atoms with Gasteiger partial charge in [0.1, 0.15) is 5.82 Å². The highest BCUT2D eigenvalue weighted by Crippen LogP contribution is 2.45. The van der Waals surface area contributed by atoms with Gasteiger partial charge in [-0.05, 0) is 74.7 Å². The Labute approximate surface area is 251 Å². The number of nitrogens with zero attached hydrogens (tertiary/aromatic N) is 2. The molecule has 1 heterocycles. The maximum Gasteiger partial charge on any atom is 0.262 e. The van der Waals surface area contributed by atoms with Crippen LogP contribution in [0.2, 0.25) is 10.0 Å². The van der Waals surface area contributed by atoms with Crippen LogP contribution in [0, 0.1) is 11.2 Å². The number of benzene rings is 3. The highest BCUT2D eigenvalue weighted by atomic mass is 35.5. The fourth-order valence-corrected chi connectivity index (χ4v) is 5.60. The smallest absolute Gasteiger partial charge is 0.262 e. The van der Waals surface area contributed by atoms with Gasteiger partial charge in [0, 0.05) is 48.2 Å². The first-order valence-corrected chi connectivity index (χ1v) is 14.5. The molecule has 0 saturated carbocycles. The fraction of sp³-hybridized carbons (Fsp3) is 0.375. The lowest BCUT2D eigenvalue weighted by Gasteiger charge is -2.52. The van der Waals surface area contributed by atoms with E-state index < -0.39 is 17.3 Å². The SMILES string of the molecule is CCC1(CC)CN(c2cc(-c3cc(C(=O)NCC(C)(C)O)ccc3Cl)ccc2N(C)C(=O)c2c(F)cccc2Cl)C1. The number of carbonyl (C=O) groups is 2. The van der Waals surface area contributed by atoms with Crippen LogP contribution in [0.15, 0.2) is 54.6 Å². The third kappa shape index (κ3) is 6.53. The van der Waals surface area contributed by atoms with Gasteiger partial charge in [0.15, 0.2) is 0 Å². The lowest BCUT2D eigenvalue weighted by Crippen LogP contribution is -2.56. The predicted molar refractivity (Wildman–Crippen MR) is 165 cm³/mol. The quantitative estimate of drug-likeness (QED) is 0.273. The van der Waals surface area contributed by atoms with Crippen molar-refractivity contribution in [1.29, 1.82) is 0 Å². The Kier molecular flexibility index (Phi) is 9.02. The van der Waals surface area contributed by atoms with Gasteiger partial charge in [0.2, 0.25) is 0 Å². The maximum absolute atomic E-state index is 14.7. The summed E-state index contributed by atoms with van der Waals surface area (Å²) in [5, 5.41) is 13.2. The Morgan fingerprint density at radius 2 is 1.73 bits per heavy atom. The van der Waals surface area contributed by atoms with Crippen molar-refractivity contribution < 1.29 is 19.1 Å². The lowest BCUT2D eigenvalue weighted by atomic mass is 9.75. The summed E-state index contributed by atoms with van der Waals surface area (Å²) >= 11 is 12.8. The monoisotopic (exact) mass is 599 g/mol. The molecule has 0 radical (unpaired) electrons. The largest absolute Gasteiger partial charge is 0.389 e. The summed E-state index contributed by atoms with van der Waals surface area (Å²) in [6, 6.07) is 14.8. The van der Waals surface area contributed by atoms with E-state index in [0.717, 1.165) is 37.2 Å². The number of hydrogen-bond donors (Lipinski definition) is 2. The molecule has 2 N–H and O–H groups in total. The van der Waals surface area contributed by atoms with Crippen molar-refractivity contribution >= 4 is 46.4 Å². The van der Waals surface area contributed by atoms with Crippen molar-refractivity contribution in [3.8, 4) is 11.1 Å². The van der Waals surface area contributed by atoms with Gasteiger partial charge in [-0.1, -0.05) is 49.2 Å². The zero-order valence-electron chi connectivity index (χ0n) is 24.0. The van der Waals surface area contributed by atoms with E-state index >= 15 is 0 Å². The molecule has 0 unspecified atom stereocenters. The second-order valence-electron chi connectivity index (χ2n) is 11.4. The third-order valence-electron chi connectivity index (χ3n) is 7.93. The van der Waals surface area contributed by atoms with E-state index in [1.807, 2.05) is 18.2 Å². The third-order valence-corrected chi connectivity index (χ3v) is 8.58. The van der Waals surface area contributed by atoms with Gasteiger partial charge in [0.05, 0.1) is 27.6 Å². The van der Waals surface area contributed by atoms with E-state index in [0.29, 0.717) is 21.8 Å². The zero-order chi connectivity index (χ0) is 30.1. The molecular formula is C32H36Cl2FN3O3. The molecule has 9 heteroatoms. The van der Waals surface area contributed by atoms with Crippen molar-refractivity contribution in [3.05, 3.63) is 81.6 Å². The second kappa shape index (κ2) is 12.0. The Hall–Kier alpha value is -3.13. The summed E-state index contributed by atoms with van der Waals surface area (Å²) in [7, 11) is 1.61. The van der Waals surface area contributed by atoms with Crippen LogP contribution >= 0.6 is 23.2 Å². The number of anilines is 2. The highest BCUT2D eigenvalue weighted by Gasteiger charge is 2.41. The van der Waals surface area contributed by atoms with Crippen LogP contribution in [0.25, 0.3) is 11.1 Å². The minimum Gasteiger partial charge on any atom is -0.389 e. The van der Waals surface area contributed by atoms with E-state index in [1.54, 1.807) is 39.1 Å². The van der Waals surface area contributed by atoms with E-state index in [1.165, 1.54) is 23.1 Å². The molecule has 0 atom stereocenters. The van der Waals surface area contributed by atoms with Crippen LogP contribution in [0.1, 0.15) is 61.3 Å². The van der Waals surface area contributed by atoms with Crippen molar-refractivity contribution in [1.82, 2.24) is 5.32 Å². The number of carbonyl (C=O) groups excluding carboxylic acids is 2. The minimum atomic E-state index is -1.05. The first kappa shape index (κ1) is 30.8. The fourth-order valence-electron chi connectivity index (χ4n) is 5.12. The van der Waals surface area contributed by atoms with Crippen LogP contribution in [0.4, 0.5) is 15.8 Å². The summed E-state index contributed by atoms with van der Waals surface area (Å²) < 4.78 is 14.7. The molecule has 3 aromatic rings. The molecule has 218 valence electrons. The van der Waals surface area contributed by atoms with E-state index in [-0.39, 0.29) is 28.5 Å². The molecule has 1 aliphatic heterocycles. The maximum atomic E-state index is 14.7. The lowest BCUT2D eigenvalue weighted by molar-refractivity contribution is 0.0694.